The van der Waals surface area contributed by atoms with Crippen molar-refractivity contribution in [3.63, 3.8) is 0 Å². The van der Waals surface area contributed by atoms with Gasteiger partial charge in [0.05, 0.1) is 0 Å². The van der Waals surface area contributed by atoms with Crippen molar-refractivity contribution < 1.29 is 13.2 Å². The van der Waals surface area contributed by atoms with Crippen LogP contribution in [0.4, 0.5) is 24.9 Å². The van der Waals surface area contributed by atoms with Crippen molar-refractivity contribution in [3.8, 4) is 0 Å². The van der Waals surface area contributed by atoms with Crippen molar-refractivity contribution >= 4 is 17.5 Å². The lowest BCUT2D eigenvalue weighted by Gasteiger charge is -2.34. The number of halogens is 3. The molecular weight excluding hydrogens is 463 g/mol. The lowest BCUT2D eigenvalue weighted by atomic mass is 9.96. The largest absolute Gasteiger partial charge is 0.350 e. The molecule has 36 heavy (non-hydrogen) atoms. The second kappa shape index (κ2) is 11.1. The summed E-state index contributed by atoms with van der Waals surface area (Å²) >= 11 is 0. The van der Waals surface area contributed by atoms with E-state index in [0.717, 1.165) is 66.0 Å². The second-order valence-corrected chi connectivity index (χ2v) is 9.49. The molecule has 0 saturated carbocycles. The molecule has 1 saturated heterocycles. The lowest BCUT2D eigenvalue weighted by Crippen LogP contribution is -2.38. The maximum Gasteiger partial charge on any atom is 0.224 e. The fraction of sp³-hybridized carbons (Fsp3) is 0.357. The maximum atomic E-state index is 14.0. The standard InChI is InChI=1S/C28H32F3N5/c1-17-10-23(29)11-18(2)26(17)20(4)36(16-22-6-5-9-32-14-22)27-19(3)13-33-28(35-27)34-15-21-7-8-24(30)25(31)12-21/h7-8,10-13,22,32H,4-6,9,14-16H2,1-3H3,(H,33,34,35)/t22-/m1/s1. The predicted molar refractivity (Wildman–Crippen MR) is 138 cm³/mol. The van der Waals surface area contributed by atoms with Crippen LogP contribution in [0.25, 0.3) is 5.70 Å². The van der Waals surface area contributed by atoms with Gasteiger partial charge >= 0.3 is 0 Å². The van der Waals surface area contributed by atoms with Crippen LogP contribution in [0.15, 0.2) is 43.1 Å². The van der Waals surface area contributed by atoms with Gasteiger partial charge in [0.25, 0.3) is 0 Å². The van der Waals surface area contributed by atoms with Gasteiger partial charge in [-0.15, -0.1) is 0 Å². The Morgan fingerprint density at radius 1 is 1.08 bits per heavy atom. The summed E-state index contributed by atoms with van der Waals surface area (Å²) in [6, 6.07) is 6.82. The zero-order valence-corrected chi connectivity index (χ0v) is 21.0. The van der Waals surface area contributed by atoms with Gasteiger partial charge in [-0.05, 0) is 93.6 Å². The number of aryl methyl sites for hydroxylation is 3. The van der Waals surface area contributed by atoms with Gasteiger partial charge in [-0.2, -0.15) is 4.98 Å². The molecule has 0 bridgehead atoms. The number of piperidine rings is 1. The molecular formula is C28H32F3N5. The van der Waals surface area contributed by atoms with Crippen molar-refractivity contribution in [1.82, 2.24) is 15.3 Å². The second-order valence-electron chi connectivity index (χ2n) is 9.49. The van der Waals surface area contributed by atoms with Gasteiger partial charge < -0.3 is 15.5 Å². The van der Waals surface area contributed by atoms with Gasteiger partial charge in [0.1, 0.15) is 11.6 Å². The number of hydrogen-bond acceptors (Lipinski definition) is 5. The Balaban J connectivity index is 1.66. The van der Waals surface area contributed by atoms with Gasteiger partial charge in [-0.3, -0.25) is 0 Å². The minimum absolute atomic E-state index is 0.239. The quantitative estimate of drug-likeness (QED) is 0.407. The van der Waals surface area contributed by atoms with E-state index in [2.05, 4.69) is 27.1 Å². The van der Waals surface area contributed by atoms with E-state index >= 15 is 0 Å². The summed E-state index contributed by atoms with van der Waals surface area (Å²) in [5, 5.41) is 6.58. The summed E-state index contributed by atoms with van der Waals surface area (Å²) < 4.78 is 40.9. The number of aromatic nitrogens is 2. The molecule has 1 atom stereocenters. The van der Waals surface area contributed by atoms with Gasteiger partial charge in [0.2, 0.25) is 5.95 Å². The molecule has 0 spiro atoms. The average molecular weight is 496 g/mol. The van der Waals surface area contributed by atoms with Crippen molar-refractivity contribution in [2.24, 2.45) is 5.92 Å². The van der Waals surface area contributed by atoms with Crippen molar-refractivity contribution in [1.29, 1.82) is 0 Å². The van der Waals surface area contributed by atoms with E-state index in [1.807, 2.05) is 20.8 Å². The first kappa shape index (κ1) is 25.7. The van der Waals surface area contributed by atoms with Crippen LogP contribution in [0, 0.1) is 44.1 Å². The van der Waals surface area contributed by atoms with E-state index in [-0.39, 0.29) is 12.4 Å². The van der Waals surface area contributed by atoms with Crippen molar-refractivity contribution in [3.05, 3.63) is 88.4 Å². The highest BCUT2D eigenvalue weighted by Crippen LogP contribution is 2.32. The third-order valence-electron chi connectivity index (χ3n) is 6.59. The number of rotatable bonds is 8. The Morgan fingerprint density at radius 3 is 2.50 bits per heavy atom. The molecule has 2 heterocycles. The Hall–Kier alpha value is -3.39. The fourth-order valence-electron chi connectivity index (χ4n) is 4.79. The van der Waals surface area contributed by atoms with Crippen LogP contribution in [0.2, 0.25) is 0 Å². The summed E-state index contributed by atoms with van der Waals surface area (Å²) in [6.07, 6.45) is 3.92. The van der Waals surface area contributed by atoms with E-state index < -0.39 is 11.6 Å². The highest BCUT2D eigenvalue weighted by atomic mass is 19.2. The van der Waals surface area contributed by atoms with Crippen LogP contribution >= 0.6 is 0 Å². The normalized spacial score (nSPS) is 15.6. The molecule has 190 valence electrons. The Labute approximate surface area is 210 Å². The molecule has 0 unspecified atom stereocenters. The Kier molecular flexibility index (Phi) is 7.94. The molecule has 3 aromatic rings. The molecule has 1 fully saturated rings. The number of nitrogens with one attached hydrogen (secondary N) is 2. The monoisotopic (exact) mass is 495 g/mol. The van der Waals surface area contributed by atoms with Crippen LogP contribution in [0.5, 0.6) is 0 Å². The summed E-state index contributed by atoms with van der Waals surface area (Å²) in [5.74, 6) is -0.584. The van der Waals surface area contributed by atoms with Gasteiger partial charge in [-0.1, -0.05) is 12.6 Å². The minimum atomic E-state index is -0.895. The predicted octanol–water partition coefficient (Wildman–Crippen LogP) is 5.91. The molecule has 5 nitrogen and oxygen atoms in total. The van der Waals surface area contributed by atoms with Crippen LogP contribution in [-0.2, 0) is 6.54 Å². The van der Waals surface area contributed by atoms with Gasteiger partial charge in [-0.25, -0.2) is 18.2 Å². The number of anilines is 2. The highest BCUT2D eigenvalue weighted by molar-refractivity contribution is 5.81. The van der Waals surface area contributed by atoms with Gasteiger partial charge in [0, 0.05) is 36.1 Å². The molecule has 0 amide bonds. The smallest absolute Gasteiger partial charge is 0.224 e. The fourth-order valence-corrected chi connectivity index (χ4v) is 4.79. The van der Waals surface area contributed by atoms with E-state index in [1.165, 1.54) is 18.2 Å². The summed E-state index contributed by atoms with van der Waals surface area (Å²) in [7, 11) is 0. The number of nitrogens with zero attached hydrogens (tertiary/aromatic N) is 3. The summed E-state index contributed by atoms with van der Waals surface area (Å²) in [4.78, 5) is 11.3. The molecule has 8 heteroatoms. The van der Waals surface area contributed by atoms with Gasteiger partial charge in [0.15, 0.2) is 11.6 Å². The molecule has 2 aromatic carbocycles. The third-order valence-corrected chi connectivity index (χ3v) is 6.59. The molecule has 0 radical (unpaired) electrons. The Bertz CT molecular complexity index is 1230. The zero-order valence-electron chi connectivity index (χ0n) is 21.0. The highest BCUT2D eigenvalue weighted by Gasteiger charge is 2.24. The lowest BCUT2D eigenvalue weighted by molar-refractivity contribution is 0.384. The number of benzene rings is 2. The number of hydrogen-bond donors (Lipinski definition) is 2. The van der Waals surface area contributed by atoms with Crippen LogP contribution in [0.1, 0.15) is 40.7 Å². The van der Waals surface area contributed by atoms with E-state index in [9.17, 15) is 13.2 Å². The van der Waals surface area contributed by atoms with Crippen LogP contribution in [-0.4, -0.2) is 29.6 Å². The van der Waals surface area contributed by atoms with Crippen LogP contribution in [0.3, 0.4) is 0 Å². The molecule has 2 N–H and O–H groups in total. The molecule has 0 aliphatic carbocycles. The molecule has 1 aromatic heterocycles. The Morgan fingerprint density at radius 2 is 1.83 bits per heavy atom. The topological polar surface area (TPSA) is 53.1 Å². The average Bonchev–Trinajstić information content (AvgIpc) is 2.84. The first-order valence-electron chi connectivity index (χ1n) is 12.2. The first-order valence-corrected chi connectivity index (χ1v) is 12.2. The maximum absolute atomic E-state index is 14.0. The zero-order chi connectivity index (χ0) is 25.8. The third kappa shape index (κ3) is 5.87. The van der Waals surface area contributed by atoms with Crippen LogP contribution < -0.4 is 15.5 Å². The summed E-state index contributed by atoms with van der Waals surface area (Å²) in [5.41, 5.74) is 4.72. The van der Waals surface area contributed by atoms with E-state index in [4.69, 9.17) is 4.98 Å². The first-order chi connectivity index (χ1) is 17.2. The van der Waals surface area contributed by atoms with Crippen molar-refractivity contribution in [2.45, 2.75) is 40.2 Å². The minimum Gasteiger partial charge on any atom is -0.350 e. The SMILES string of the molecule is C=C(c1c(C)cc(F)cc1C)N(C[C@@H]1CCCNC1)c1nc(NCc2ccc(F)c(F)c2)ncc1C. The van der Waals surface area contributed by atoms with E-state index in [0.29, 0.717) is 29.8 Å². The molecule has 1 aliphatic rings. The van der Waals surface area contributed by atoms with E-state index in [1.54, 1.807) is 6.20 Å². The molecule has 4 rings (SSSR count). The summed E-state index contributed by atoms with van der Waals surface area (Å²) in [6.45, 7) is 13.0. The van der Waals surface area contributed by atoms with Crippen molar-refractivity contribution in [2.75, 3.05) is 29.9 Å². The molecule has 1 aliphatic heterocycles.